The summed E-state index contributed by atoms with van der Waals surface area (Å²) in [6, 6.07) is 6.35. The first-order valence-electron chi connectivity index (χ1n) is 6.91. The zero-order valence-electron chi connectivity index (χ0n) is 11.9. The molecule has 1 aliphatic rings. The van der Waals surface area contributed by atoms with Gasteiger partial charge in [-0.3, -0.25) is 0 Å². The second-order valence-electron chi connectivity index (χ2n) is 5.29. The molecular formula is C16H14ClFN2O2. The Hall–Kier alpha value is -2.14. The van der Waals surface area contributed by atoms with E-state index in [0.29, 0.717) is 13.0 Å². The summed E-state index contributed by atoms with van der Waals surface area (Å²) >= 11 is 5.72. The van der Waals surface area contributed by atoms with Gasteiger partial charge in [-0.15, -0.1) is 0 Å². The first-order valence-corrected chi connectivity index (χ1v) is 7.29. The first kappa shape index (κ1) is 14.8. The van der Waals surface area contributed by atoms with E-state index in [-0.39, 0.29) is 16.8 Å². The largest absolute Gasteiger partial charge is 0.477 e. The summed E-state index contributed by atoms with van der Waals surface area (Å²) in [4.78, 5) is 17.0. The number of benzene rings is 1. The molecule has 1 aromatic carbocycles. The zero-order valence-corrected chi connectivity index (χ0v) is 12.6. The molecule has 4 nitrogen and oxygen atoms in total. The minimum atomic E-state index is -1.03. The Morgan fingerprint density at radius 2 is 2.23 bits per heavy atom. The van der Waals surface area contributed by atoms with Gasteiger partial charge in [0.15, 0.2) is 0 Å². The minimum absolute atomic E-state index is 0.0142. The van der Waals surface area contributed by atoms with E-state index in [1.165, 1.54) is 6.07 Å². The molecule has 0 unspecified atom stereocenters. The van der Waals surface area contributed by atoms with E-state index in [1.54, 1.807) is 24.4 Å². The van der Waals surface area contributed by atoms with Crippen LogP contribution in [0.15, 0.2) is 30.5 Å². The molecule has 22 heavy (non-hydrogen) atoms. The first-order chi connectivity index (χ1) is 10.5. The lowest BCUT2D eigenvalue weighted by atomic mass is 9.94. The zero-order chi connectivity index (χ0) is 15.9. The van der Waals surface area contributed by atoms with Crippen molar-refractivity contribution in [1.82, 2.24) is 4.98 Å². The van der Waals surface area contributed by atoms with Crippen molar-refractivity contribution < 1.29 is 14.3 Å². The number of carbonyl (C=O) groups is 1. The smallest absolute Gasteiger partial charge is 0.354 e. The van der Waals surface area contributed by atoms with Crippen molar-refractivity contribution in [3.05, 3.63) is 58.1 Å². The van der Waals surface area contributed by atoms with Crippen LogP contribution in [0, 0.1) is 5.82 Å². The lowest BCUT2D eigenvalue weighted by Crippen LogP contribution is -2.34. The third-order valence-electron chi connectivity index (χ3n) is 4.02. The number of hydrogen-bond acceptors (Lipinski definition) is 3. The number of nitrogens with zero attached hydrogens (tertiary/aromatic N) is 2. The highest BCUT2D eigenvalue weighted by Crippen LogP contribution is 2.34. The molecule has 0 fully saturated rings. The van der Waals surface area contributed by atoms with Gasteiger partial charge in [-0.25, -0.2) is 14.2 Å². The molecule has 0 saturated heterocycles. The van der Waals surface area contributed by atoms with Gasteiger partial charge in [0.1, 0.15) is 11.5 Å². The van der Waals surface area contributed by atoms with Crippen LogP contribution in [0.1, 0.15) is 34.6 Å². The number of carboxylic acid groups (broad SMARTS) is 1. The van der Waals surface area contributed by atoms with E-state index in [2.05, 4.69) is 9.88 Å². The van der Waals surface area contributed by atoms with Gasteiger partial charge < -0.3 is 10.0 Å². The van der Waals surface area contributed by atoms with E-state index in [0.717, 1.165) is 16.8 Å². The monoisotopic (exact) mass is 320 g/mol. The number of hydrogen-bond donors (Lipinski definition) is 1. The highest BCUT2D eigenvalue weighted by atomic mass is 35.5. The summed E-state index contributed by atoms with van der Waals surface area (Å²) in [6.45, 7) is 2.67. The lowest BCUT2D eigenvalue weighted by Gasteiger charge is -2.37. The van der Waals surface area contributed by atoms with Gasteiger partial charge in [-0.1, -0.05) is 11.6 Å². The molecule has 1 aromatic heterocycles. The van der Waals surface area contributed by atoms with E-state index in [9.17, 15) is 9.18 Å². The predicted molar refractivity (Wildman–Crippen MR) is 82.1 cm³/mol. The van der Waals surface area contributed by atoms with Crippen LogP contribution in [0.5, 0.6) is 0 Å². The fraction of sp³-hybridized carbons (Fsp3) is 0.250. The number of fused-ring (bicyclic) bond motifs is 1. The van der Waals surface area contributed by atoms with Crippen LogP contribution < -0.4 is 4.90 Å². The van der Waals surface area contributed by atoms with Crippen LogP contribution in [-0.4, -0.2) is 22.6 Å². The SMILES string of the molecule is C[C@@H]1c2cnc(C(=O)O)cc2CCN1c1ccc(Cl)c(F)c1. The molecule has 2 heterocycles. The van der Waals surface area contributed by atoms with Crippen LogP contribution in [0.2, 0.25) is 5.02 Å². The predicted octanol–water partition coefficient (Wildman–Crippen LogP) is 3.70. The summed E-state index contributed by atoms with van der Waals surface area (Å²) in [7, 11) is 0. The number of aromatic nitrogens is 1. The quantitative estimate of drug-likeness (QED) is 0.916. The van der Waals surface area contributed by atoms with E-state index in [1.807, 2.05) is 6.92 Å². The summed E-state index contributed by atoms with van der Waals surface area (Å²) in [6.07, 6.45) is 2.29. The molecule has 0 aliphatic carbocycles. The summed E-state index contributed by atoms with van der Waals surface area (Å²) in [5.74, 6) is -1.48. The number of pyridine rings is 1. The Bertz CT molecular complexity index is 751. The lowest BCUT2D eigenvalue weighted by molar-refractivity contribution is 0.0690. The van der Waals surface area contributed by atoms with Gasteiger partial charge >= 0.3 is 5.97 Å². The van der Waals surface area contributed by atoms with Gasteiger partial charge in [0.25, 0.3) is 0 Å². The molecule has 0 radical (unpaired) electrons. The van der Waals surface area contributed by atoms with Gasteiger partial charge in [-0.05, 0) is 48.7 Å². The highest BCUT2D eigenvalue weighted by Gasteiger charge is 2.26. The molecule has 114 valence electrons. The standard InChI is InChI=1S/C16H14ClFN2O2/c1-9-12-8-19-15(16(21)22)6-10(12)4-5-20(9)11-2-3-13(17)14(18)7-11/h2-3,6-9H,4-5H2,1H3,(H,21,22)/t9-/m1/s1. The maximum atomic E-state index is 13.7. The Kier molecular flexibility index (Phi) is 3.74. The summed E-state index contributed by atoms with van der Waals surface area (Å²) in [5.41, 5.74) is 2.75. The number of anilines is 1. The average molecular weight is 321 g/mol. The molecule has 1 atom stereocenters. The van der Waals surface area contributed by atoms with Crippen molar-refractivity contribution in [2.24, 2.45) is 0 Å². The molecule has 0 amide bonds. The third-order valence-corrected chi connectivity index (χ3v) is 4.32. The van der Waals surface area contributed by atoms with Crippen molar-refractivity contribution in [2.75, 3.05) is 11.4 Å². The van der Waals surface area contributed by atoms with Crippen molar-refractivity contribution in [3.8, 4) is 0 Å². The second kappa shape index (κ2) is 5.57. The van der Waals surface area contributed by atoms with Gasteiger partial charge in [-0.2, -0.15) is 0 Å². The van der Waals surface area contributed by atoms with E-state index in [4.69, 9.17) is 16.7 Å². The number of halogens is 2. The molecule has 6 heteroatoms. The van der Waals surface area contributed by atoms with E-state index < -0.39 is 11.8 Å². The number of aromatic carboxylic acids is 1. The molecule has 0 spiro atoms. The summed E-state index contributed by atoms with van der Waals surface area (Å²) < 4.78 is 13.7. The van der Waals surface area contributed by atoms with Crippen LogP contribution >= 0.6 is 11.6 Å². The van der Waals surface area contributed by atoms with Crippen molar-refractivity contribution in [3.63, 3.8) is 0 Å². The highest BCUT2D eigenvalue weighted by molar-refractivity contribution is 6.30. The van der Waals surface area contributed by atoms with Crippen LogP contribution in [0.3, 0.4) is 0 Å². The maximum absolute atomic E-state index is 13.7. The molecule has 0 saturated carbocycles. The van der Waals surface area contributed by atoms with Gasteiger partial charge in [0.2, 0.25) is 0 Å². The van der Waals surface area contributed by atoms with Crippen molar-refractivity contribution in [1.29, 1.82) is 0 Å². The Labute approximate surface area is 132 Å². The molecule has 1 aliphatic heterocycles. The Morgan fingerprint density at radius 1 is 1.45 bits per heavy atom. The minimum Gasteiger partial charge on any atom is -0.477 e. The average Bonchev–Trinajstić information content (AvgIpc) is 2.50. The molecule has 2 aromatic rings. The van der Waals surface area contributed by atoms with Crippen molar-refractivity contribution in [2.45, 2.75) is 19.4 Å². The van der Waals surface area contributed by atoms with Crippen LogP contribution in [0.4, 0.5) is 10.1 Å². The van der Waals surface area contributed by atoms with Gasteiger partial charge in [0.05, 0.1) is 11.1 Å². The normalized spacial score (nSPS) is 17.2. The molecule has 3 rings (SSSR count). The van der Waals surface area contributed by atoms with E-state index >= 15 is 0 Å². The van der Waals surface area contributed by atoms with Crippen molar-refractivity contribution >= 4 is 23.3 Å². The summed E-state index contributed by atoms with van der Waals surface area (Å²) in [5, 5.41) is 9.11. The fourth-order valence-corrected chi connectivity index (χ4v) is 2.95. The molecule has 0 bridgehead atoms. The topological polar surface area (TPSA) is 53.4 Å². The number of carboxylic acids is 1. The Morgan fingerprint density at radius 3 is 2.91 bits per heavy atom. The molecule has 1 N–H and O–H groups in total. The van der Waals surface area contributed by atoms with Gasteiger partial charge in [0, 0.05) is 18.4 Å². The van der Waals surface area contributed by atoms with Crippen LogP contribution in [-0.2, 0) is 6.42 Å². The third kappa shape index (κ3) is 2.52. The second-order valence-corrected chi connectivity index (χ2v) is 5.70. The Balaban J connectivity index is 1.95. The molecular weight excluding hydrogens is 307 g/mol. The fourth-order valence-electron chi connectivity index (χ4n) is 2.84. The van der Waals surface area contributed by atoms with Crippen LogP contribution in [0.25, 0.3) is 0 Å². The number of rotatable bonds is 2. The maximum Gasteiger partial charge on any atom is 0.354 e.